The van der Waals surface area contributed by atoms with Gasteiger partial charge in [0.05, 0.1) is 5.69 Å². The molecule has 3 atom stereocenters. The molecule has 4 heteroatoms. The Kier molecular flexibility index (Phi) is 3.76. The third-order valence-electron chi connectivity index (χ3n) is 4.45. The largest absolute Gasteiger partial charge is 0.327 e. The van der Waals surface area contributed by atoms with Crippen LogP contribution in [0, 0.1) is 17.3 Å². The molecule has 0 amide bonds. The Bertz CT molecular complexity index is 396. The molecule has 1 aromatic rings. The summed E-state index contributed by atoms with van der Waals surface area (Å²) in [5, 5.41) is 8.22. The van der Waals surface area contributed by atoms with Gasteiger partial charge in [-0.15, -0.1) is 5.10 Å². The Morgan fingerprint density at radius 3 is 2.72 bits per heavy atom. The van der Waals surface area contributed by atoms with E-state index >= 15 is 0 Å². The zero-order valence-corrected chi connectivity index (χ0v) is 12.1. The molecule has 2 rings (SSSR count). The summed E-state index contributed by atoms with van der Waals surface area (Å²) in [6.07, 6.45) is 6.69. The first kappa shape index (κ1) is 13.5. The van der Waals surface area contributed by atoms with E-state index in [0.29, 0.717) is 12.0 Å². The minimum atomic E-state index is 0.204. The van der Waals surface area contributed by atoms with Crippen molar-refractivity contribution in [3.8, 4) is 0 Å². The van der Waals surface area contributed by atoms with Crippen molar-refractivity contribution in [3.63, 3.8) is 0 Å². The summed E-state index contributed by atoms with van der Waals surface area (Å²) in [6.45, 7) is 6.95. The zero-order chi connectivity index (χ0) is 13.3. The van der Waals surface area contributed by atoms with Gasteiger partial charge in [0, 0.05) is 19.3 Å². The van der Waals surface area contributed by atoms with Crippen molar-refractivity contribution in [3.05, 3.63) is 11.9 Å². The Morgan fingerprint density at radius 1 is 1.44 bits per heavy atom. The maximum atomic E-state index is 6.37. The van der Waals surface area contributed by atoms with Crippen LogP contribution in [0.25, 0.3) is 0 Å². The number of nitrogens with zero attached hydrogens (tertiary/aromatic N) is 3. The molecule has 18 heavy (non-hydrogen) atoms. The fourth-order valence-corrected chi connectivity index (χ4v) is 3.47. The number of rotatable bonds is 3. The number of aromatic nitrogens is 3. The molecular weight excluding hydrogens is 224 g/mol. The highest BCUT2D eigenvalue weighted by Crippen LogP contribution is 2.41. The van der Waals surface area contributed by atoms with Gasteiger partial charge in [0.1, 0.15) is 0 Å². The minimum absolute atomic E-state index is 0.204. The second kappa shape index (κ2) is 5.00. The standard InChI is InChI=1S/C14H26N4/c1-10-5-6-12(13(15)7-10)14(2,3)8-11-9-18(4)17-16-11/h9-10,12-13H,5-8,15H2,1-4H3. The summed E-state index contributed by atoms with van der Waals surface area (Å²) in [5.41, 5.74) is 7.65. The van der Waals surface area contributed by atoms with Gasteiger partial charge in [0.2, 0.25) is 0 Å². The average molecular weight is 250 g/mol. The maximum Gasteiger partial charge on any atom is 0.0832 e. The lowest BCUT2D eigenvalue weighted by Crippen LogP contribution is -2.44. The highest BCUT2D eigenvalue weighted by molar-refractivity contribution is 5.01. The van der Waals surface area contributed by atoms with Crippen molar-refractivity contribution in [2.75, 3.05) is 0 Å². The normalized spacial score (nSPS) is 29.5. The van der Waals surface area contributed by atoms with Crippen LogP contribution in [0.2, 0.25) is 0 Å². The van der Waals surface area contributed by atoms with Gasteiger partial charge >= 0.3 is 0 Å². The Morgan fingerprint density at radius 2 is 2.17 bits per heavy atom. The van der Waals surface area contributed by atoms with E-state index in [1.54, 1.807) is 4.68 Å². The van der Waals surface area contributed by atoms with Gasteiger partial charge in [0.25, 0.3) is 0 Å². The van der Waals surface area contributed by atoms with Crippen LogP contribution in [0.5, 0.6) is 0 Å². The predicted octanol–water partition coefficient (Wildman–Crippen LogP) is 2.15. The van der Waals surface area contributed by atoms with E-state index in [1.165, 1.54) is 12.8 Å². The Balaban J connectivity index is 2.05. The molecule has 0 saturated heterocycles. The molecule has 1 heterocycles. The van der Waals surface area contributed by atoms with Gasteiger partial charge in [-0.1, -0.05) is 32.4 Å². The molecule has 1 aliphatic carbocycles. The third-order valence-corrected chi connectivity index (χ3v) is 4.45. The molecular formula is C14H26N4. The van der Waals surface area contributed by atoms with Crippen molar-refractivity contribution >= 4 is 0 Å². The summed E-state index contributed by atoms with van der Waals surface area (Å²) < 4.78 is 1.77. The monoisotopic (exact) mass is 250 g/mol. The van der Waals surface area contributed by atoms with Crippen molar-refractivity contribution in [2.24, 2.45) is 30.0 Å². The van der Waals surface area contributed by atoms with Gasteiger partial charge in [-0.05, 0) is 36.5 Å². The lowest BCUT2D eigenvalue weighted by Gasteiger charge is -2.42. The first-order valence-corrected chi connectivity index (χ1v) is 6.99. The van der Waals surface area contributed by atoms with Crippen molar-refractivity contribution in [1.29, 1.82) is 0 Å². The van der Waals surface area contributed by atoms with Gasteiger partial charge in [-0.2, -0.15) is 0 Å². The molecule has 0 spiro atoms. The third kappa shape index (κ3) is 2.91. The summed E-state index contributed by atoms with van der Waals surface area (Å²) >= 11 is 0. The highest BCUT2D eigenvalue weighted by Gasteiger charge is 2.37. The molecule has 1 fully saturated rings. The molecule has 0 aliphatic heterocycles. The van der Waals surface area contributed by atoms with Gasteiger partial charge in [-0.25, -0.2) is 0 Å². The number of nitrogens with two attached hydrogens (primary N) is 1. The zero-order valence-electron chi connectivity index (χ0n) is 12.1. The van der Waals surface area contributed by atoms with E-state index in [0.717, 1.165) is 24.5 Å². The molecule has 1 aliphatic rings. The molecule has 102 valence electrons. The SMILES string of the molecule is CC1CCC(C(C)(C)Cc2cn(C)nn2)C(N)C1. The van der Waals surface area contributed by atoms with Crippen LogP contribution in [0.3, 0.4) is 0 Å². The molecule has 0 aromatic carbocycles. The fourth-order valence-electron chi connectivity index (χ4n) is 3.47. The molecule has 4 nitrogen and oxygen atoms in total. The van der Waals surface area contributed by atoms with E-state index < -0.39 is 0 Å². The maximum absolute atomic E-state index is 6.37. The summed E-state index contributed by atoms with van der Waals surface area (Å²) in [7, 11) is 1.91. The topological polar surface area (TPSA) is 56.7 Å². The lowest BCUT2D eigenvalue weighted by molar-refractivity contribution is 0.112. The highest BCUT2D eigenvalue weighted by atomic mass is 15.4. The van der Waals surface area contributed by atoms with Crippen LogP contribution >= 0.6 is 0 Å². The smallest absolute Gasteiger partial charge is 0.0832 e. The fraction of sp³-hybridized carbons (Fsp3) is 0.857. The second-order valence-corrected chi connectivity index (χ2v) is 6.74. The van der Waals surface area contributed by atoms with Crippen LogP contribution in [0.4, 0.5) is 0 Å². The van der Waals surface area contributed by atoms with Crippen LogP contribution < -0.4 is 5.73 Å². The first-order valence-electron chi connectivity index (χ1n) is 6.99. The van der Waals surface area contributed by atoms with E-state index in [-0.39, 0.29) is 5.41 Å². The van der Waals surface area contributed by atoms with Crippen molar-refractivity contribution in [2.45, 2.75) is 52.5 Å². The van der Waals surface area contributed by atoms with E-state index in [4.69, 9.17) is 5.73 Å². The van der Waals surface area contributed by atoms with Gasteiger partial charge in [-0.3, -0.25) is 4.68 Å². The van der Waals surface area contributed by atoms with E-state index in [1.807, 2.05) is 13.2 Å². The average Bonchev–Trinajstić information content (AvgIpc) is 2.62. The molecule has 1 saturated carbocycles. The minimum Gasteiger partial charge on any atom is -0.327 e. The lowest BCUT2D eigenvalue weighted by atomic mass is 9.65. The quantitative estimate of drug-likeness (QED) is 0.894. The summed E-state index contributed by atoms with van der Waals surface area (Å²) in [4.78, 5) is 0. The Labute approximate surface area is 110 Å². The van der Waals surface area contributed by atoms with Crippen LogP contribution in [0.15, 0.2) is 6.20 Å². The first-order chi connectivity index (χ1) is 8.38. The number of hydrogen-bond donors (Lipinski definition) is 1. The van der Waals surface area contributed by atoms with Crippen molar-refractivity contribution < 1.29 is 0 Å². The Hall–Kier alpha value is -0.900. The van der Waals surface area contributed by atoms with Crippen LogP contribution in [-0.2, 0) is 13.5 Å². The van der Waals surface area contributed by atoms with Crippen LogP contribution in [-0.4, -0.2) is 21.0 Å². The number of hydrogen-bond acceptors (Lipinski definition) is 3. The van der Waals surface area contributed by atoms with E-state index in [2.05, 4.69) is 31.1 Å². The van der Waals surface area contributed by atoms with E-state index in [9.17, 15) is 0 Å². The van der Waals surface area contributed by atoms with Crippen LogP contribution in [0.1, 0.15) is 45.7 Å². The predicted molar refractivity (Wildman–Crippen MR) is 73.0 cm³/mol. The number of aryl methyl sites for hydroxylation is 1. The molecule has 1 aromatic heterocycles. The summed E-state index contributed by atoms with van der Waals surface area (Å²) in [5.74, 6) is 1.37. The van der Waals surface area contributed by atoms with Crippen molar-refractivity contribution in [1.82, 2.24) is 15.0 Å². The molecule has 3 unspecified atom stereocenters. The molecule has 2 N–H and O–H groups in total. The van der Waals surface area contributed by atoms with Gasteiger partial charge in [0.15, 0.2) is 0 Å². The second-order valence-electron chi connectivity index (χ2n) is 6.74. The summed E-state index contributed by atoms with van der Waals surface area (Å²) in [6, 6.07) is 0.334. The molecule has 0 bridgehead atoms. The molecule has 0 radical (unpaired) electrons. The van der Waals surface area contributed by atoms with Gasteiger partial charge < -0.3 is 5.73 Å².